The highest BCUT2D eigenvalue weighted by Crippen LogP contribution is 2.55. The number of aliphatic hydroxyl groups is 1. The molecule has 0 saturated heterocycles. The molecule has 27 heavy (non-hydrogen) atoms. The molecule has 0 bridgehead atoms. The van der Waals surface area contributed by atoms with Crippen LogP contribution in [0.1, 0.15) is 115 Å². The first-order valence-corrected chi connectivity index (χ1v) is 11.0. The van der Waals surface area contributed by atoms with Gasteiger partial charge in [0.25, 0.3) is 0 Å². The summed E-state index contributed by atoms with van der Waals surface area (Å²) in [4.78, 5) is 12.2. The van der Waals surface area contributed by atoms with Gasteiger partial charge in [-0.05, 0) is 62.2 Å². The standard InChI is InChI=1S/C25H48O2/c1-12-21(6,7)17-16-18-25(14-3,15-4)22(8,9)19-23(10,13-2)24(11,27)20(5)26/h16,18,27H,12-15,17,19H2,1-11H3. The molecule has 0 radical (unpaired) electrons. The Balaban J connectivity index is 5.92. The van der Waals surface area contributed by atoms with Gasteiger partial charge in [0.15, 0.2) is 5.78 Å². The van der Waals surface area contributed by atoms with Gasteiger partial charge in [0.05, 0.1) is 0 Å². The maximum atomic E-state index is 12.2. The highest BCUT2D eigenvalue weighted by Gasteiger charge is 2.51. The number of allylic oxidation sites excluding steroid dienone is 2. The Morgan fingerprint density at radius 1 is 0.852 bits per heavy atom. The molecule has 0 fully saturated rings. The summed E-state index contributed by atoms with van der Waals surface area (Å²) >= 11 is 0. The van der Waals surface area contributed by atoms with E-state index in [1.54, 1.807) is 6.92 Å². The van der Waals surface area contributed by atoms with Gasteiger partial charge >= 0.3 is 0 Å². The Kier molecular flexibility index (Phi) is 9.03. The quantitative estimate of drug-likeness (QED) is 0.359. The maximum absolute atomic E-state index is 12.2. The molecule has 0 aliphatic rings. The molecule has 0 aromatic carbocycles. The number of ketones is 1. The molecule has 0 aliphatic carbocycles. The third-order valence-corrected chi connectivity index (χ3v) is 8.15. The van der Waals surface area contributed by atoms with E-state index >= 15 is 0 Å². The van der Waals surface area contributed by atoms with E-state index < -0.39 is 11.0 Å². The van der Waals surface area contributed by atoms with Crippen LogP contribution in [0.25, 0.3) is 0 Å². The Bertz CT molecular complexity index is 506. The molecular weight excluding hydrogens is 332 g/mol. The molecule has 160 valence electrons. The first-order valence-electron chi connectivity index (χ1n) is 11.0. The predicted octanol–water partition coefficient (Wildman–Crippen LogP) is 7.35. The number of carbonyl (C=O) groups is 1. The van der Waals surface area contributed by atoms with Gasteiger partial charge in [-0.3, -0.25) is 4.79 Å². The summed E-state index contributed by atoms with van der Waals surface area (Å²) < 4.78 is 0. The lowest BCUT2D eigenvalue weighted by Crippen LogP contribution is -2.53. The summed E-state index contributed by atoms with van der Waals surface area (Å²) in [6.07, 6.45) is 10.8. The van der Waals surface area contributed by atoms with Crippen molar-refractivity contribution in [2.24, 2.45) is 21.7 Å². The highest BCUT2D eigenvalue weighted by atomic mass is 16.3. The van der Waals surface area contributed by atoms with E-state index in [0.717, 1.165) is 32.1 Å². The molecule has 0 aromatic rings. The van der Waals surface area contributed by atoms with Crippen LogP contribution in [-0.4, -0.2) is 16.5 Å². The van der Waals surface area contributed by atoms with E-state index in [1.807, 2.05) is 0 Å². The average Bonchev–Trinajstić information content (AvgIpc) is 2.57. The number of Topliss-reactive ketones (excluding diaryl/α,β-unsaturated/α-hetero) is 1. The Labute approximate surface area is 170 Å². The second-order valence-electron chi connectivity index (χ2n) is 10.6. The van der Waals surface area contributed by atoms with Crippen LogP contribution in [0, 0.1) is 21.7 Å². The molecule has 0 spiro atoms. The second-order valence-corrected chi connectivity index (χ2v) is 10.6. The first kappa shape index (κ1) is 26.4. The molecule has 0 heterocycles. The fraction of sp³-hybridized carbons (Fsp3) is 0.880. The zero-order chi connectivity index (χ0) is 21.7. The van der Waals surface area contributed by atoms with Gasteiger partial charge < -0.3 is 5.11 Å². The van der Waals surface area contributed by atoms with Gasteiger partial charge in [-0.1, -0.05) is 80.9 Å². The number of hydrogen-bond acceptors (Lipinski definition) is 2. The minimum Gasteiger partial charge on any atom is -0.382 e. The Morgan fingerprint density at radius 2 is 1.33 bits per heavy atom. The van der Waals surface area contributed by atoms with E-state index in [4.69, 9.17) is 0 Å². The van der Waals surface area contributed by atoms with Crippen molar-refractivity contribution >= 4 is 5.78 Å². The van der Waals surface area contributed by atoms with Crippen LogP contribution < -0.4 is 0 Å². The summed E-state index contributed by atoms with van der Waals surface area (Å²) in [6, 6.07) is 0. The molecule has 2 unspecified atom stereocenters. The van der Waals surface area contributed by atoms with Gasteiger partial charge in [-0.2, -0.15) is 0 Å². The number of rotatable bonds is 12. The molecule has 0 aliphatic heterocycles. The minimum atomic E-state index is -1.31. The Morgan fingerprint density at radius 3 is 1.67 bits per heavy atom. The lowest BCUT2D eigenvalue weighted by atomic mass is 9.53. The second kappa shape index (κ2) is 9.25. The van der Waals surface area contributed by atoms with E-state index in [0.29, 0.717) is 5.41 Å². The SMILES string of the molecule is CCC(C)(C)CC=CC(CC)(CC)C(C)(C)CC(C)(CC)C(C)(O)C(C)=O. The first-order chi connectivity index (χ1) is 12.1. The summed E-state index contributed by atoms with van der Waals surface area (Å²) in [6.45, 7) is 23.5. The van der Waals surface area contributed by atoms with Crippen LogP contribution in [0.5, 0.6) is 0 Å². The molecule has 2 atom stereocenters. The van der Waals surface area contributed by atoms with Crippen LogP contribution >= 0.6 is 0 Å². The van der Waals surface area contributed by atoms with Crippen molar-refractivity contribution in [3.63, 3.8) is 0 Å². The van der Waals surface area contributed by atoms with E-state index in [-0.39, 0.29) is 16.6 Å². The summed E-state index contributed by atoms with van der Waals surface area (Å²) in [7, 11) is 0. The van der Waals surface area contributed by atoms with Crippen LogP contribution in [0.2, 0.25) is 0 Å². The topological polar surface area (TPSA) is 37.3 Å². The van der Waals surface area contributed by atoms with Crippen LogP contribution in [0.3, 0.4) is 0 Å². The van der Waals surface area contributed by atoms with Crippen molar-refractivity contribution in [1.82, 2.24) is 0 Å². The smallest absolute Gasteiger partial charge is 0.161 e. The van der Waals surface area contributed by atoms with Crippen LogP contribution in [0.4, 0.5) is 0 Å². The van der Waals surface area contributed by atoms with Crippen molar-refractivity contribution < 1.29 is 9.90 Å². The fourth-order valence-corrected chi connectivity index (χ4v) is 4.63. The van der Waals surface area contributed by atoms with E-state index in [9.17, 15) is 9.90 Å². The Hall–Kier alpha value is -0.630. The largest absolute Gasteiger partial charge is 0.382 e. The van der Waals surface area contributed by atoms with Crippen LogP contribution in [0.15, 0.2) is 12.2 Å². The molecule has 1 N–H and O–H groups in total. The number of carbonyl (C=O) groups excluding carboxylic acids is 1. The van der Waals surface area contributed by atoms with Gasteiger partial charge in [-0.25, -0.2) is 0 Å². The van der Waals surface area contributed by atoms with Crippen molar-refractivity contribution in [3.8, 4) is 0 Å². The van der Waals surface area contributed by atoms with E-state index in [1.165, 1.54) is 13.3 Å². The zero-order valence-electron chi connectivity index (χ0n) is 20.3. The molecule has 2 nitrogen and oxygen atoms in total. The van der Waals surface area contributed by atoms with Gasteiger partial charge in [0.1, 0.15) is 5.60 Å². The van der Waals surface area contributed by atoms with Crippen molar-refractivity contribution in [2.75, 3.05) is 0 Å². The van der Waals surface area contributed by atoms with Crippen molar-refractivity contribution in [1.29, 1.82) is 0 Å². The lowest BCUT2D eigenvalue weighted by molar-refractivity contribution is -0.153. The zero-order valence-corrected chi connectivity index (χ0v) is 20.3. The summed E-state index contributed by atoms with van der Waals surface area (Å²) in [5.74, 6) is -0.138. The van der Waals surface area contributed by atoms with Crippen molar-refractivity contribution in [2.45, 2.75) is 120 Å². The third-order valence-electron chi connectivity index (χ3n) is 8.15. The van der Waals surface area contributed by atoms with E-state index in [2.05, 4.69) is 74.5 Å². The molecule has 0 saturated carbocycles. The average molecular weight is 381 g/mol. The highest BCUT2D eigenvalue weighted by molar-refractivity contribution is 5.85. The normalized spacial score (nSPS) is 18.4. The van der Waals surface area contributed by atoms with Crippen LogP contribution in [-0.2, 0) is 4.79 Å². The summed E-state index contributed by atoms with van der Waals surface area (Å²) in [5, 5.41) is 11.0. The fourth-order valence-electron chi connectivity index (χ4n) is 4.63. The predicted molar refractivity (Wildman–Crippen MR) is 119 cm³/mol. The van der Waals surface area contributed by atoms with Gasteiger partial charge in [0.2, 0.25) is 0 Å². The molecule has 0 rings (SSSR count). The third kappa shape index (κ3) is 5.68. The molecule has 2 heteroatoms. The molecule has 0 amide bonds. The van der Waals surface area contributed by atoms with Gasteiger partial charge in [-0.15, -0.1) is 0 Å². The van der Waals surface area contributed by atoms with Crippen molar-refractivity contribution in [3.05, 3.63) is 12.2 Å². The monoisotopic (exact) mass is 380 g/mol. The molecule has 0 aromatic heterocycles. The maximum Gasteiger partial charge on any atom is 0.161 e. The lowest BCUT2D eigenvalue weighted by Gasteiger charge is -2.52. The van der Waals surface area contributed by atoms with Gasteiger partial charge in [0, 0.05) is 5.41 Å². The summed E-state index contributed by atoms with van der Waals surface area (Å²) in [5.41, 5.74) is -1.41. The number of hydrogen-bond donors (Lipinski definition) is 1. The minimum absolute atomic E-state index is 0.0342. The molecular formula is C25H48O2.